The van der Waals surface area contributed by atoms with E-state index in [0.29, 0.717) is 0 Å². The highest BCUT2D eigenvalue weighted by Crippen LogP contribution is 2.52. The molecular formula is C8H22O13P4. The molecule has 0 spiro atoms. The van der Waals surface area contributed by atoms with Gasteiger partial charge in [0.2, 0.25) is 0 Å². The van der Waals surface area contributed by atoms with Gasteiger partial charge in [-0.05, 0) is 25.7 Å². The molecule has 0 saturated carbocycles. The molecule has 0 saturated heterocycles. The molecule has 8 N–H and O–H groups in total. The van der Waals surface area contributed by atoms with Crippen LogP contribution in [0.1, 0.15) is 25.7 Å². The lowest BCUT2D eigenvalue weighted by molar-refractivity contribution is 0.0379. The molecule has 0 aliphatic carbocycles. The van der Waals surface area contributed by atoms with Crippen LogP contribution in [0.2, 0.25) is 0 Å². The van der Waals surface area contributed by atoms with Crippen molar-refractivity contribution in [3.8, 4) is 0 Å². The van der Waals surface area contributed by atoms with Gasteiger partial charge in [-0.25, -0.2) is 0 Å². The Labute approximate surface area is 143 Å². The molecule has 0 amide bonds. The maximum absolute atomic E-state index is 11.4. The number of hydrogen-bond donors (Lipinski definition) is 8. The van der Waals surface area contributed by atoms with E-state index in [2.05, 4.69) is 0 Å². The Morgan fingerprint density at radius 3 is 1.08 bits per heavy atom. The summed E-state index contributed by atoms with van der Waals surface area (Å²) in [6, 6.07) is 0. The van der Waals surface area contributed by atoms with Crippen molar-refractivity contribution in [1.82, 2.24) is 0 Å². The molecule has 0 rings (SSSR count). The third-order valence-electron chi connectivity index (χ3n) is 2.87. The van der Waals surface area contributed by atoms with E-state index in [1.807, 2.05) is 0 Å². The van der Waals surface area contributed by atoms with E-state index in [4.69, 9.17) is 24.3 Å². The minimum absolute atomic E-state index is 0.379. The van der Waals surface area contributed by atoms with Crippen LogP contribution in [-0.4, -0.2) is 63.2 Å². The normalized spacial score (nSPS) is 16.6. The minimum Gasteiger partial charge on any atom is -0.350 e. The molecule has 2 atom stereocenters. The maximum atomic E-state index is 11.4. The van der Waals surface area contributed by atoms with Crippen LogP contribution in [0.15, 0.2) is 0 Å². The first kappa shape index (κ1) is 25.6. The first-order valence-electron chi connectivity index (χ1n) is 6.77. The Bertz CT molecular complexity index is 543. The Hall–Kier alpha value is 0.560. The summed E-state index contributed by atoms with van der Waals surface area (Å²) in [6.45, 7) is 0. The van der Waals surface area contributed by atoms with E-state index in [0.717, 1.165) is 0 Å². The maximum Gasteiger partial charge on any atom is 0.354 e. The van der Waals surface area contributed by atoms with E-state index in [1.54, 1.807) is 0 Å². The third-order valence-corrected chi connectivity index (χ3v) is 6.92. The standard InChI is InChI=1S/C8H22O13P4/c9-22(10,11)5-1-3-7(24(15,16)17)21-8(25(18,19)20)4-2-6-23(12,13)14/h7-8H,1-6H2,(H2,9,10,11)(H2,12,13,14)(H2,15,16,17)(H2,18,19,20). The van der Waals surface area contributed by atoms with Crippen molar-refractivity contribution in [1.29, 1.82) is 0 Å². The van der Waals surface area contributed by atoms with Gasteiger partial charge in [0.05, 0.1) is 0 Å². The summed E-state index contributed by atoms with van der Waals surface area (Å²) in [5.41, 5.74) is 0. The fourth-order valence-electron chi connectivity index (χ4n) is 1.76. The van der Waals surface area contributed by atoms with Gasteiger partial charge >= 0.3 is 30.4 Å². The van der Waals surface area contributed by atoms with E-state index >= 15 is 0 Å². The largest absolute Gasteiger partial charge is 0.354 e. The molecule has 0 aromatic carbocycles. The second-order valence-electron chi connectivity index (χ2n) is 5.28. The van der Waals surface area contributed by atoms with Crippen molar-refractivity contribution in [2.75, 3.05) is 12.3 Å². The highest BCUT2D eigenvalue weighted by Gasteiger charge is 2.38. The SMILES string of the molecule is O=P(O)(O)CCCC(OC(CCCP(=O)(O)O)P(=O)(O)O)P(=O)(O)O. The Morgan fingerprint density at radius 1 is 0.600 bits per heavy atom. The van der Waals surface area contributed by atoms with Crippen LogP contribution in [0.4, 0.5) is 0 Å². The van der Waals surface area contributed by atoms with E-state index in [-0.39, 0.29) is 12.8 Å². The molecule has 0 aliphatic heterocycles. The lowest BCUT2D eigenvalue weighted by Crippen LogP contribution is -2.23. The molecule has 17 heteroatoms. The molecule has 152 valence electrons. The second-order valence-corrected chi connectivity index (χ2v) is 12.3. The minimum atomic E-state index is -5.02. The number of hydrogen-bond acceptors (Lipinski definition) is 5. The fraction of sp³-hybridized carbons (Fsp3) is 1.00. The fourth-order valence-corrected chi connectivity index (χ4v) is 4.69. The zero-order chi connectivity index (χ0) is 20.1. The predicted octanol–water partition coefficient (Wildman–Crippen LogP) is -0.0736. The molecule has 0 aliphatic rings. The van der Waals surface area contributed by atoms with Gasteiger partial charge in [-0.1, -0.05) is 0 Å². The molecule has 25 heavy (non-hydrogen) atoms. The van der Waals surface area contributed by atoms with Crippen LogP contribution in [0.25, 0.3) is 0 Å². The first-order chi connectivity index (χ1) is 10.9. The van der Waals surface area contributed by atoms with Gasteiger partial charge in [-0.3, -0.25) is 18.3 Å². The topological polar surface area (TPSA) is 239 Å². The summed E-state index contributed by atoms with van der Waals surface area (Å²) < 4.78 is 49.0. The Morgan fingerprint density at radius 2 is 0.880 bits per heavy atom. The molecule has 0 heterocycles. The smallest absolute Gasteiger partial charge is 0.350 e. The Balaban J connectivity index is 5.02. The summed E-state index contributed by atoms with van der Waals surface area (Å²) in [7, 11) is -18.9. The van der Waals surface area contributed by atoms with Crippen LogP contribution in [-0.2, 0) is 23.0 Å². The van der Waals surface area contributed by atoms with Crippen molar-refractivity contribution in [2.45, 2.75) is 37.4 Å². The average Bonchev–Trinajstić information content (AvgIpc) is 2.30. The Kier molecular flexibility index (Phi) is 9.88. The zero-order valence-electron chi connectivity index (χ0n) is 12.8. The van der Waals surface area contributed by atoms with Crippen molar-refractivity contribution in [3.63, 3.8) is 0 Å². The molecule has 0 fully saturated rings. The summed E-state index contributed by atoms with van der Waals surface area (Å²) in [4.78, 5) is 71.6. The molecule has 13 nitrogen and oxygen atoms in total. The summed E-state index contributed by atoms with van der Waals surface area (Å²) in [6.07, 6.45) is -3.32. The van der Waals surface area contributed by atoms with E-state index in [9.17, 15) is 37.8 Å². The van der Waals surface area contributed by atoms with Crippen molar-refractivity contribution >= 4 is 30.4 Å². The molecule has 0 aromatic heterocycles. The second kappa shape index (κ2) is 9.66. The lowest BCUT2D eigenvalue weighted by atomic mass is 10.3. The van der Waals surface area contributed by atoms with Gasteiger partial charge in [0.25, 0.3) is 0 Å². The molecule has 0 bridgehead atoms. The van der Waals surface area contributed by atoms with E-state index < -0.39 is 67.2 Å². The van der Waals surface area contributed by atoms with Crippen LogP contribution in [0, 0.1) is 0 Å². The molecule has 0 radical (unpaired) electrons. The third kappa shape index (κ3) is 13.4. The number of ether oxygens (including phenoxy) is 1. The highest BCUT2D eigenvalue weighted by molar-refractivity contribution is 7.53. The summed E-state index contributed by atoms with van der Waals surface area (Å²) in [5, 5.41) is 0. The summed E-state index contributed by atoms with van der Waals surface area (Å²) in [5.74, 6) is -4.04. The predicted molar refractivity (Wildman–Crippen MR) is 85.0 cm³/mol. The molecular weight excluding hydrogens is 428 g/mol. The molecule has 2 unspecified atom stereocenters. The average molecular weight is 450 g/mol. The molecule has 0 aromatic rings. The zero-order valence-corrected chi connectivity index (χ0v) is 16.4. The highest BCUT2D eigenvalue weighted by atomic mass is 31.2. The van der Waals surface area contributed by atoms with Crippen LogP contribution in [0.5, 0.6) is 0 Å². The van der Waals surface area contributed by atoms with Crippen LogP contribution in [0.3, 0.4) is 0 Å². The van der Waals surface area contributed by atoms with Gasteiger partial charge in [-0.15, -0.1) is 0 Å². The monoisotopic (exact) mass is 450 g/mol. The van der Waals surface area contributed by atoms with Crippen molar-refractivity contribution in [2.24, 2.45) is 0 Å². The summed E-state index contributed by atoms with van der Waals surface area (Å²) >= 11 is 0. The van der Waals surface area contributed by atoms with E-state index in [1.165, 1.54) is 0 Å². The number of rotatable bonds is 12. The van der Waals surface area contributed by atoms with Gasteiger partial charge in [-0.2, -0.15) is 0 Å². The van der Waals surface area contributed by atoms with Crippen LogP contribution < -0.4 is 0 Å². The quantitative estimate of drug-likeness (QED) is 0.182. The van der Waals surface area contributed by atoms with Gasteiger partial charge in [0, 0.05) is 12.3 Å². The van der Waals surface area contributed by atoms with Crippen molar-refractivity contribution in [3.05, 3.63) is 0 Å². The van der Waals surface area contributed by atoms with Crippen molar-refractivity contribution < 1.29 is 62.1 Å². The van der Waals surface area contributed by atoms with Gasteiger partial charge < -0.3 is 43.9 Å². The van der Waals surface area contributed by atoms with Gasteiger partial charge in [0.15, 0.2) is 11.7 Å². The first-order valence-corrected chi connectivity index (χ1v) is 13.7. The lowest BCUT2D eigenvalue weighted by Gasteiger charge is -2.26. The van der Waals surface area contributed by atoms with Crippen LogP contribution >= 0.6 is 30.4 Å². The van der Waals surface area contributed by atoms with Gasteiger partial charge in [0.1, 0.15) is 0 Å².